The van der Waals surface area contributed by atoms with Gasteiger partial charge in [-0.25, -0.2) is 18.4 Å². The van der Waals surface area contributed by atoms with Gasteiger partial charge >= 0.3 is 0 Å². The predicted octanol–water partition coefficient (Wildman–Crippen LogP) is 1.35. The van der Waals surface area contributed by atoms with Crippen LogP contribution < -0.4 is 4.74 Å². The molecular formula is C21H19N5O4S. The second-order valence-electron chi connectivity index (χ2n) is 7.37. The third-order valence-electron chi connectivity index (χ3n) is 5.44. The maximum atomic E-state index is 13.6. The number of nitrogens with zero attached hydrogens (tertiary/aromatic N) is 5. The zero-order valence-electron chi connectivity index (χ0n) is 16.4. The molecule has 158 valence electrons. The van der Waals surface area contributed by atoms with Gasteiger partial charge in [0, 0.05) is 31.7 Å². The lowest BCUT2D eigenvalue weighted by Gasteiger charge is -2.28. The summed E-state index contributed by atoms with van der Waals surface area (Å²) in [5, 5.41) is 0. The number of carbonyl (C=O) groups excluding carboxylic acids is 1. The molecule has 3 aromatic rings. The molecule has 2 aliphatic rings. The first-order valence-corrected chi connectivity index (χ1v) is 11.2. The van der Waals surface area contributed by atoms with E-state index in [4.69, 9.17) is 4.74 Å². The van der Waals surface area contributed by atoms with Crippen LogP contribution in [0.25, 0.3) is 0 Å². The second-order valence-corrected chi connectivity index (χ2v) is 9.23. The zero-order valence-corrected chi connectivity index (χ0v) is 17.2. The third-order valence-corrected chi connectivity index (χ3v) is 7.33. The van der Waals surface area contributed by atoms with E-state index in [2.05, 4.69) is 15.0 Å². The van der Waals surface area contributed by atoms with Crippen molar-refractivity contribution in [1.82, 2.24) is 24.2 Å². The van der Waals surface area contributed by atoms with Crippen molar-refractivity contribution in [2.24, 2.45) is 0 Å². The van der Waals surface area contributed by atoms with E-state index in [-0.39, 0.29) is 42.0 Å². The standard InChI is InChI=1S/C21H19N5O4S/c27-21(16-11-22-9-10-23-16)25-13-17-18(14-25)30-20-19(7-4-8-24-20)31(28,29)26(17)12-15-5-2-1-3-6-15/h1-11,17-18H,12-14H2/t17-,18-/m0/s1. The van der Waals surface area contributed by atoms with Crippen molar-refractivity contribution in [1.29, 1.82) is 0 Å². The lowest BCUT2D eigenvalue weighted by molar-refractivity contribution is 0.0763. The van der Waals surface area contributed by atoms with Gasteiger partial charge in [-0.15, -0.1) is 0 Å². The first kappa shape index (κ1) is 19.6. The lowest BCUT2D eigenvalue weighted by Crippen LogP contribution is -2.46. The van der Waals surface area contributed by atoms with Crippen LogP contribution in [-0.4, -0.2) is 63.7 Å². The Hall–Kier alpha value is -3.37. The minimum Gasteiger partial charge on any atom is -0.470 e. The number of ether oxygens (including phenoxy) is 1. The van der Waals surface area contributed by atoms with Gasteiger partial charge in [0.25, 0.3) is 5.91 Å². The number of benzene rings is 1. The maximum Gasteiger partial charge on any atom is 0.274 e. The van der Waals surface area contributed by atoms with Gasteiger partial charge in [0.1, 0.15) is 16.7 Å². The average Bonchev–Trinajstić information content (AvgIpc) is 3.18. The molecule has 5 rings (SSSR count). The molecule has 2 atom stereocenters. The summed E-state index contributed by atoms with van der Waals surface area (Å²) < 4.78 is 34.7. The number of sulfonamides is 1. The third kappa shape index (κ3) is 3.53. The number of rotatable bonds is 3. The van der Waals surface area contributed by atoms with Crippen molar-refractivity contribution in [3.05, 3.63) is 78.5 Å². The molecule has 31 heavy (non-hydrogen) atoms. The Bertz CT molecular complexity index is 1210. The molecule has 0 aliphatic carbocycles. The molecule has 0 radical (unpaired) electrons. The van der Waals surface area contributed by atoms with Gasteiger partial charge in [0.2, 0.25) is 15.9 Å². The molecule has 0 N–H and O–H groups in total. The molecule has 1 aromatic carbocycles. The Morgan fingerprint density at radius 3 is 2.65 bits per heavy atom. The van der Waals surface area contributed by atoms with Crippen molar-refractivity contribution in [3.8, 4) is 5.88 Å². The smallest absolute Gasteiger partial charge is 0.274 e. The minimum absolute atomic E-state index is 0.0344. The number of pyridine rings is 1. The number of carbonyl (C=O) groups is 1. The number of likely N-dealkylation sites (tertiary alicyclic amines) is 1. The van der Waals surface area contributed by atoms with Crippen LogP contribution in [0.5, 0.6) is 5.88 Å². The molecule has 4 heterocycles. The molecule has 0 spiro atoms. The number of amides is 1. The molecular weight excluding hydrogens is 418 g/mol. The lowest BCUT2D eigenvalue weighted by atomic mass is 10.1. The number of aromatic nitrogens is 3. The Morgan fingerprint density at radius 1 is 1.03 bits per heavy atom. The van der Waals surface area contributed by atoms with E-state index < -0.39 is 22.2 Å². The van der Waals surface area contributed by atoms with E-state index in [1.54, 1.807) is 11.0 Å². The Balaban J connectivity index is 1.54. The summed E-state index contributed by atoms with van der Waals surface area (Å²) >= 11 is 0. The van der Waals surface area contributed by atoms with Crippen LogP contribution >= 0.6 is 0 Å². The summed E-state index contributed by atoms with van der Waals surface area (Å²) in [5.41, 5.74) is 1.05. The fraction of sp³-hybridized carbons (Fsp3) is 0.238. The second kappa shape index (κ2) is 7.71. The first-order chi connectivity index (χ1) is 15.0. The highest BCUT2D eigenvalue weighted by Crippen LogP contribution is 2.36. The summed E-state index contributed by atoms with van der Waals surface area (Å²) in [6, 6.07) is 11.9. The van der Waals surface area contributed by atoms with E-state index in [1.807, 2.05) is 30.3 Å². The van der Waals surface area contributed by atoms with E-state index in [0.717, 1.165) is 5.56 Å². The molecule has 9 nitrogen and oxygen atoms in total. The SMILES string of the molecule is O=C(c1cnccn1)N1C[C@@H]2Oc3ncccc3S(=O)(=O)N(Cc3ccccc3)[C@H]2C1. The summed E-state index contributed by atoms with van der Waals surface area (Å²) in [4.78, 5) is 26.7. The highest BCUT2D eigenvalue weighted by Gasteiger charge is 2.48. The monoisotopic (exact) mass is 437 g/mol. The zero-order chi connectivity index (χ0) is 21.4. The Morgan fingerprint density at radius 2 is 1.87 bits per heavy atom. The van der Waals surface area contributed by atoms with Crippen LogP contribution in [0.2, 0.25) is 0 Å². The largest absolute Gasteiger partial charge is 0.470 e. The summed E-state index contributed by atoms with van der Waals surface area (Å²) in [6.07, 6.45) is 5.27. The van der Waals surface area contributed by atoms with Crippen LogP contribution in [0.3, 0.4) is 0 Å². The molecule has 1 fully saturated rings. The van der Waals surface area contributed by atoms with Gasteiger partial charge in [-0.3, -0.25) is 9.78 Å². The topological polar surface area (TPSA) is 106 Å². The number of hydrogen-bond donors (Lipinski definition) is 0. The van der Waals surface area contributed by atoms with Gasteiger partial charge in [0.15, 0.2) is 0 Å². The Labute approximate surface area is 179 Å². The number of fused-ring (bicyclic) bond motifs is 2. The molecule has 0 unspecified atom stereocenters. The van der Waals surface area contributed by atoms with Crippen molar-refractivity contribution < 1.29 is 17.9 Å². The van der Waals surface area contributed by atoms with Crippen LogP contribution in [0.15, 0.2) is 72.1 Å². The molecule has 1 amide bonds. The number of hydrogen-bond acceptors (Lipinski definition) is 7. The maximum absolute atomic E-state index is 13.6. The van der Waals surface area contributed by atoms with E-state index >= 15 is 0 Å². The summed E-state index contributed by atoms with van der Waals surface area (Å²) in [5.74, 6) is -0.259. The quantitative estimate of drug-likeness (QED) is 0.609. The fourth-order valence-corrected chi connectivity index (χ4v) is 5.66. The summed E-state index contributed by atoms with van der Waals surface area (Å²) in [6.45, 7) is 0.562. The fourth-order valence-electron chi connectivity index (χ4n) is 3.96. The van der Waals surface area contributed by atoms with Gasteiger partial charge in [-0.1, -0.05) is 30.3 Å². The van der Waals surface area contributed by atoms with E-state index in [1.165, 1.54) is 35.2 Å². The van der Waals surface area contributed by atoms with E-state index in [9.17, 15) is 13.2 Å². The average molecular weight is 437 g/mol. The Kier molecular flexibility index (Phi) is 4.87. The molecule has 2 aromatic heterocycles. The van der Waals surface area contributed by atoms with Crippen molar-refractivity contribution >= 4 is 15.9 Å². The van der Waals surface area contributed by atoms with Crippen LogP contribution in [0.4, 0.5) is 0 Å². The van der Waals surface area contributed by atoms with Crippen LogP contribution in [0, 0.1) is 0 Å². The van der Waals surface area contributed by atoms with Crippen molar-refractivity contribution in [2.75, 3.05) is 13.1 Å². The molecule has 10 heteroatoms. The van der Waals surface area contributed by atoms with Crippen LogP contribution in [0.1, 0.15) is 16.1 Å². The van der Waals surface area contributed by atoms with E-state index in [0.29, 0.717) is 0 Å². The minimum atomic E-state index is -3.91. The van der Waals surface area contributed by atoms with Gasteiger partial charge < -0.3 is 9.64 Å². The van der Waals surface area contributed by atoms with Crippen molar-refractivity contribution in [2.45, 2.75) is 23.6 Å². The molecule has 0 saturated carbocycles. The highest BCUT2D eigenvalue weighted by molar-refractivity contribution is 7.89. The molecule has 2 aliphatic heterocycles. The summed E-state index contributed by atoms with van der Waals surface area (Å²) in [7, 11) is -3.91. The normalized spacial score (nSPS) is 22.1. The van der Waals surface area contributed by atoms with Gasteiger partial charge in [-0.2, -0.15) is 4.31 Å². The van der Waals surface area contributed by atoms with Gasteiger partial charge in [-0.05, 0) is 17.7 Å². The van der Waals surface area contributed by atoms with Crippen LogP contribution in [-0.2, 0) is 16.6 Å². The van der Waals surface area contributed by atoms with Gasteiger partial charge in [0.05, 0.1) is 18.8 Å². The molecule has 0 bridgehead atoms. The molecule has 1 saturated heterocycles. The first-order valence-electron chi connectivity index (χ1n) is 9.77. The highest BCUT2D eigenvalue weighted by atomic mass is 32.2. The predicted molar refractivity (Wildman–Crippen MR) is 110 cm³/mol. The van der Waals surface area contributed by atoms with Crippen molar-refractivity contribution in [3.63, 3.8) is 0 Å².